The SMILES string of the molecule is Cc1ccc(NC(=O)c2cc(F)cc(N3CCOCC3)c2)cc1Nc1ccnc(OCc2ccco2)n1. The van der Waals surface area contributed by atoms with Gasteiger partial charge in [-0.3, -0.25) is 4.79 Å². The van der Waals surface area contributed by atoms with Crippen molar-refractivity contribution in [1.82, 2.24) is 9.97 Å². The lowest BCUT2D eigenvalue weighted by molar-refractivity contribution is 0.102. The monoisotopic (exact) mass is 503 g/mol. The van der Waals surface area contributed by atoms with Gasteiger partial charge in [-0.2, -0.15) is 4.98 Å². The van der Waals surface area contributed by atoms with Crippen molar-refractivity contribution in [2.75, 3.05) is 41.8 Å². The van der Waals surface area contributed by atoms with E-state index in [9.17, 15) is 9.18 Å². The van der Waals surface area contributed by atoms with E-state index in [1.54, 1.807) is 48.9 Å². The van der Waals surface area contributed by atoms with Gasteiger partial charge in [0.1, 0.15) is 24.0 Å². The maximum atomic E-state index is 14.3. The van der Waals surface area contributed by atoms with E-state index in [0.29, 0.717) is 49.3 Å². The van der Waals surface area contributed by atoms with Crippen LogP contribution in [0.4, 0.5) is 27.3 Å². The molecular formula is C27H26FN5O4. The molecule has 0 saturated carbocycles. The van der Waals surface area contributed by atoms with E-state index >= 15 is 0 Å². The number of hydrogen-bond acceptors (Lipinski definition) is 8. The third kappa shape index (κ3) is 6.22. The number of morpholine rings is 1. The third-order valence-electron chi connectivity index (χ3n) is 5.84. The Hall–Kier alpha value is -4.44. The molecule has 1 saturated heterocycles. The number of halogens is 1. The van der Waals surface area contributed by atoms with Crippen LogP contribution in [-0.2, 0) is 11.3 Å². The number of aryl methyl sites for hydroxylation is 1. The summed E-state index contributed by atoms with van der Waals surface area (Å²) in [6.45, 7) is 4.59. The second-order valence-electron chi connectivity index (χ2n) is 8.50. The minimum absolute atomic E-state index is 0.200. The minimum atomic E-state index is -0.464. The summed E-state index contributed by atoms with van der Waals surface area (Å²) in [6.07, 6.45) is 3.16. The molecule has 3 heterocycles. The van der Waals surface area contributed by atoms with Gasteiger partial charge in [0.2, 0.25) is 0 Å². The molecule has 1 aliphatic heterocycles. The van der Waals surface area contributed by atoms with Crippen molar-refractivity contribution in [3.8, 4) is 6.01 Å². The molecule has 37 heavy (non-hydrogen) atoms. The van der Waals surface area contributed by atoms with Crippen LogP contribution in [0.2, 0.25) is 0 Å². The molecule has 2 N–H and O–H groups in total. The first-order valence-electron chi connectivity index (χ1n) is 11.8. The highest BCUT2D eigenvalue weighted by atomic mass is 19.1. The molecule has 0 bridgehead atoms. The average Bonchev–Trinajstić information content (AvgIpc) is 3.44. The second-order valence-corrected chi connectivity index (χ2v) is 8.50. The van der Waals surface area contributed by atoms with Crippen LogP contribution >= 0.6 is 0 Å². The number of carbonyl (C=O) groups is 1. The summed E-state index contributed by atoms with van der Waals surface area (Å²) in [4.78, 5) is 23.5. The van der Waals surface area contributed by atoms with Crippen molar-refractivity contribution in [3.63, 3.8) is 0 Å². The third-order valence-corrected chi connectivity index (χ3v) is 5.84. The lowest BCUT2D eigenvalue weighted by Gasteiger charge is -2.29. The highest BCUT2D eigenvalue weighted by Crippen LogP contribution is 2.26. The summed E-state index contributed by atoms with van der Waals surface area (Å²) >= 11 is 0. The van der Waals surface area contributed by atoms with Crippen molar-refractivity contribution in [3.05, 3.63) is 89.8 Å². The van der Waals surface area contributed by atoms with Crippen molar-refractivity contribution < 1.29 is 23.1 Å². The van der Waals surface area contributed by atoms with Crippen LogP contribution in [0, 0.1) is 12.7 Å². The van der Waals surface area contributed by atoms with Gasteiger partial charge in [0, 0.05) is 41.9 Å². The van der Waals surface area contributed by atoms with Crippen LogP contribution in [0.5, 0.6) is 6.01 Å². The largest absolute Gasteiger partial charge is 0.466 e. The summed E-state index contributed by atoms with van der Waals surface area (Å²) in [5.74, 6) is 0.321. The van der Waals surface area contributed by atoms with Crippen LogP contribution < -0.4 is 20.3 Å². The molecule has 0 radical (unpaired) electrons. The molecule has 10 heteroatoms. The molecular weight excluding hydrogens is 477 g/mol. The molecule has 2 aromatic heterocycles. The summed E-state index contributed by atoms with van der Waals surface area (Å²) < 4.78 is 30.6. The van der Waals surface area contributed by atoms with Crippen LogP contribution in [0.1, 0.15) is 21.7 Å². The zero-order valence-electron chi connectivity index (χ0n) is 20.2. The van der Waals surface area contributed by atoms with Crippen LogP contribution in [0.3, 0.4) is 0 Å². The highest BCUT2D eigenvalue weighted by Gasteiger charge is 2.16. The zero-order valence-corrected chi connectivity index (χ0v) is 20.2. The Labute approximate surface area is 213 Å². The van der Waals surface area contributed by atoms with E-state index in [2.05, 4.69) is 20.6 Å². The number of rotatable bonds is 8. The molecule has 1 amide bonds. The number of aromatic nitrogens is 2. The standard InChI is InChI=1S/C27H26FN5O4/c1-18-4-5-21(30-26(34)19-13-20(28)15-22(14-19)33-8-11-35-12-9-33)16-24(18)31-25-6-7-29-27(32-25)37-17-23-3-2-10-36-23/h2-7,10,13-16H,8-9,11-12,17H2,1H3,(H,30,34)(H,29,31,32). The molecule has 190 valence electrons. The van der Waals surface area contributed by atoms with E-state index in [1.165, 1.54) is 12.1 Å². The quantitative estimate of drug-likeness (QED) is 0.349. The molecule has 1 aliphatic rings. The van der Waals surface area contributed by atoms with Gasteiger partial charge in [0.25, 0.3) is 5.91 Å². The number of nitrogens with one attached hydrogen (secondary N) is 2. The molecule has 9 nitrogen and oxygen atoms in total. The molecule has 0 spiro atoms. The molecule has 5 rings (SSSR count). The minimum Gasteiger partial charge on any atom is -0.466 e. The fourth-order valence-corrected chi connectivity index (χ4v) is 3.90. The van der Waals surface area contributed by atoms with E-state index in [0.717, 1.165) is 11.3 Å². The van der Waals surface area contributed by atoms with Crippen LogP contribution in [-0.4, -0.2) is 42.2 Å². The number of anilines is 4. The molecule has 0 aliphatic carbocycles. The Morgan fingerprint density at radius 3 is 2.81 bits per heavy atom. The molecule has 1 fully saturated rings. The van der Waals surface area contributed by atoms with Gasteiger partial charge in [-0.1, -0.05) is 6.07 Å². The van der Waals surface area contributed by atoms with Crippen molar-refractivity contribution >= 4 is 28.8 Å². The normalized spacial score (nSPS) is 13.3. The lowest BCUT2D eigenvalue weighted by Crippen LogP contribution is -2.36. The summed E-state index contributed by atoms with van der Waals surface area (Å²) in [5.41, 5.74) is 3.13. The van der Waals surface area contributed by atoms with Gasteiger partial charge in [-0.25, -0.2) is 9.37 Å². The summed E-state index contributed by atoms with van der Waals surface area (Å²) in [6, 6.07) is 15.3. The van der Waals surface area contributed by atoms with Crippen LogP contribution in [0.25, 0.3) is 0 Å². The Morgan fingerprint density at radius 1 is 1.14 bits per heavy atom. The van der Waals surface area contributed by atoms with Crippen molar-refractivity contribution in [2.45, 2.75) is 13.5 Å². The fraction of sp³-hybridized carbons (Fsp3) is 0.222. The first-order chi connectivity index (χ1) is 18.0. The molecule has 0 atom stereocenters. The number of ether oxygens (including phenoxy) is 2. The van der Waals surface area contributed by atoms with Crippen molar-refractivity contribution in [1.29, 1.82) is 0 Å². The molecule has 0 unspecified atom stereocenters. The molecule has 2 aromatic carbocycles. The highest BCUT2D eigenvalue weighted by molar-refractivity contribution is 6.05. The lowest BCUT2D eigenvalue weighted by atomic mass is 10.1. The van der Waals surface area contributed by atoms with Gasteiger partial charge in [0.05, 0.1) is 19.5 Å². The number of furan rings is 1. The van der Waals surface area contributed by atoms with Gasteiger partial charge in [0.15, 0.2) is 0 Å². The average molecular weight is 504 g/mol. The fourth-order valence-electron chi connectivity index (χ4n) is 3.90. The second kappa shape index (κ2) is 11.1. The predicted molar refractivity (Wildman–Crippen MR) is 137 cm³/mol. The Morgan fingerprint density at radius 2 is 2.00 bits per heavy atom. The van der Waals surface area contributed by atoms with Crippen molar-refractivity contribution in [2.24, 2.45) is 0 Å². The maximum Gasteiger partial charge on any atom is 0.318 e. The molecule has 4 aromatic rings. The maximum absolute atomic E-state index is 14.3. The Balaban J connectivity index is 1.28. The topological polar surface area (TPSA) is 102 Å². The summed E-state index contributed by atoms with van der Waals surface area (Å²) in [5, 5.41) is 6.10. The van der Waals surface area contributed by atoms with Gasteiger partial charge >= 0.3 is 6.01 Å². The summed E-state index contributed by atoms with van der Waals surface area (Å²) in [7, 11) is 0. The number of nitrogens with zero attached hydrogens (tertiary/aromatic N) is 3. The smallest absolute Gasteiger partial charge is 0.318 e. The Bertz CT molecular complexity index is 1370. The number of carbonyl (C=O) groups excluding carboxylic acids is 1. The van der Waals surface area contributed by atoms with E-state index < -0.39 is 11.7 Å². The number of hydrogen-bond donors (Lipinski definition) is 2. The Kier molecular flexibility index (Phi) is 7.27. The van der Waals surface area contributed by atoms with E-state index in [4.69, 9.17) is 13.9 Å². The van der Waals surface area contributed by atoms with Gasteiger partial charge in [-0.15, -0.1) is 0 Å². The number of amides is 1. The van der Waals surface area contributed by atoms with E-state index in [1.807, 2.05) is 17.9 Å². The van der Waals surface area contributed by atoms with Crippen LogP contribution in [0.15, 0.2) is 71.5 Å². The predicted octanol–water partition coefficient (Wildman–Crippen LogP) is 4.93. The van der Waals surface area contributed by atoms with E-state index in [-0.39, 0.29) is 18.2 Å². The number of benzene rings is 2. The first-order valence-corrected chi connectivity index (χ1v) is 11.8. The first kappa shape index (κ1) is 24.3. The zero-order chi connectivity index (χ0) is 25.6. The van der Waals surface area contributed by atoms with Gasteiger partial charge in [-0.05, 0) is 61.0 Å². The van der Waals surface area contributed by atoms with Gasteiger partial charge < -0.3 is 29.4 Å².